The summed E-state index contributed by atoms with van der Waals surface area (Å²) in [5.74, 6) is 0. The maximum absolute atomic E-state index is 4.41. The van der Waals surface area contributed by atoms with E-state index in [1.54, 1.807) is 11.3 Å². The minimum Gasteiger partial charge on any atom is -0.245 e. The fourth-order valence-electron chi connectivity index (χ4n) is 1.87. The van der Waals surface area contributed by atoms with Crippen molar-refractivity contribution in [1.29, 1.82) is 0 Å². The summed E-state index contributed by atoms with van der Waals surface area (Å²) in [5, 5.41) is 1.69. The summed E-state index contributed by atoms with van der Waals surface area (Å²) in [5.41, 5.74) is 0. The van der Waals surface area contributed by atoms with Crippen molar-refractivity contribution < 1.29 is 0 Å². The molecule has 19 heavy (non-hydrogen) atoms. The van der Waals surface area contributed by atoms with E-state index in [4.69, 9.17) is 0 Å². The Kier molecular flexibility index (Phi) is 3.91. The normalized spacial score (nSPS) is 12.7. The minimum absolute atomic E-state index is 0.445. The molecule has 3 rings (SSSR count). The van der Waals surface area contributed by atoms with E-state index in [0.717, 1.165) is 9.30 Å². The predicted octanol–water partition coefficient (Wildman–Crippen LogP) is 5.91. The highest BCUT2D eigenvalue weighted by Gasteiger charge is 2.11. The first-order valence-electron chi connectivity index (χ1n) is 5.99. The molecule has 0 aliphatic rings. The molecule has 0 amide bonds. The molecule has 0 N–H and O–H groups in total. The minimum atomic E-state index is 0.445. The van der Waals surface area contributed by atoms with E-state index in [2.05, 4.69) is 64.2 Å². The van der Waals surface area contributed by atoms with Gasteiger partial charge in [0.05, 0.1) is 0 Å². The van der Waals surface area contributed by atoms with E-state index in [1.165, 1.54) is 15.2 Å². The first kappa shape index (κ1) is 13.2. The topological polar surface area (TPSA) is 12.9 Å². The fourth-order valence-corrected chi connectivity index (χ4v) is 4.24. The van der Waals surface area contributed by atoms with Crippen molar-refractivity contribution in [3.63, 3.8) is 0 Å². The first-order chi connectivity index (χ1) is 9.22. The number of nitrogens with zero attached hydrogens (tertiary/aromatic N) is 1. The Balaban J connectivity index is 1.83. The van der Waals surface area contributed by atoms with Gasteiger partial charge < -0.3 is 0 Å². The molecule has 2 aromatic heterocycles. The van der Waals surface area contributed by atoms with Gasteiger partial charge in [0.25, 0.3) is 0 Å². The average molecular weight is 350 g/mol. The third kappa shape index (κ3) is 3.02. The number of aromatic nitrogens is 1. The second kappa shape index (κ2) is 5.65. The van der Waals surface area contributed by atoms with Gasteiger partial charge >= 0.3 is 0 Å². The SMILES string of the molecule is CC(Sc1ccc(Br)cc1)c1cc2cccnc2s1. The molecule has 0 saturated carbocycles. The highest BCUT2D eigenvalue weighted by Crippen LogP contribution is 2.39. The Labute approximate surface area is 129 Å². The zero-order chi connectivity index (χ0) is 13.2. The van der Waals surface area contributed by atoms with Gasteiger partial charge in [-0.3, -0.25) is 0 Å². The number of halogens is 1. The highest BCUT2D eigenvalue weighted by molar-refractivity contribution is 9.10. The van der Waals surface area contributed by atoms with Crippen molar-refractivity contribution in [2.45, 2.75) is 17.1 Å². The van der Waals surface area contributed by atoms with E-state index < -0.39 is 0 Å². The van der Waals surface area contributed by atoms with Gasteiger partial charge in [-0.1, -0.05) is 22.0 Å². The molecule has 0 bridgehead atoms. The summed E-state index contributed by atoms with van der Waals surface area (Å²) < 4.78 is 1.12. The Morgan fingerprint density at radius 2 is 2.00 bits per heavy atom. The number of pyridine rings is 1. The van der Waals surface area contributed by atoms with Crippen molar-refractivity contribution in [3.8, 4) is 0 Å². The predicted molar refractivity (Wildman–Crippen MR) is 88.0 cm³/mol. The third-order valence-corrected chi connectivity index (χ3v) is 5.91. The molecule has 0 saturated heterocycles. The van der Waals surface area contributed by atoms with Crippen molar-refractivity contribution in [2.75, 3.05) is 0 Å². The molecule has 3 aromatic rings. The quantitative estimate of drug-likeness (QED) is 0.545. The fraction of sp³-hybridized carbons (Fsp3) is 0.133. The van der Waals surface area contributed by atoms with Crippen LogP contribution >= 0.6 is 39.0 Å². The van der Waals surface area contributed by atoms with E-state index in [1.807, 2.05) is 24.0 Å². The molecule has 0 radical (unpaired) electrons. The largest absolute Gasteiger partial charge is 0.245 e. The van der Waals surface area contributed by atoms with Crippen LogP contribution in [0.4, 0.5) is 0 Å². The maximum Gasteiger partial charge on any atom is 0.123 e. The zero-order valence-corrected chi connectivity index (χ0v) is 13.6. The number of benzene rings is 1. The van der Waals surface area contributed by atoms with Crippen molar-refractivity contribution in [2.24, 2.45) is 0 Å². The maximum atomic E-state index is 4.41. The van der Waals surface area contributed by atoms with E-state index in [0.29, 0.717) is 5.25 Å². The molecule has 1 unspecified atom stereocenters. The van der Waals surface area contributed by atoms with Crippen LogP contribution in [0.5, 0.6) is 0 Å². The lowest BCUT2D eigenvalue weighted by Crippen LogP contribution is -1.82. The van der Waals surface area contributed by atoms with Crippen LogP contribution in [0.15, 0.2) is 58.0 Å². The van der Waals surface area contributed by atoms with Crippen LogP contribution in [0.1, 0.15) is 17.1 Å². The van der Waals surface area contributed by atoms with Gasteiger partial charge in [0.1, 0.15) is 4.83 Å². The van der Waals surface area contributed by atoms with Crippen molar-refractivity contribution in [1.82, 2.24) is 4.98 Å². The van der Waals surface area contributed by atoms with Crippen LogP contribution in [0.2, 0.25) is 0 Å². The summed E-state index contributed by atoms with van der Waals surface area (Å²) in [6.45, 7) is 2.25. The Morgan fingerprint density at radius 3 is 2.74 bits per heavy atom. The van der Waals surface area contributed by atoms with Gasteiger partial charge in [0.2, 0.25) is 0 Å². The van der Waals surface area contributed by atoms with Gasteiger partial charge in [0.15, 0.2) is 0 Å². The van der Waals surface area contributed by atoms with E-state index in [-0.39, 0.29) is 0 Å². The smallest absolute Gasteiger partial charge is 0.123 e. The molecular formula is C15H12BrNS2. The number of thiophene rings is 1. The van der Waals surface area contributed by atoms with Crippen LogP contribution in [0, 0.1) is 0 Å². The molecule has 4 heteroatoms. The lowest BCUT2D eigenvalue weighted by molar-refractivity contribution is 1.14. The van der Waals surface area contributed by atoms with Crippen LogP contribution in [-0.4, -0.2) is 4.98 Å². The summed E-state index contributed by atoms with van der Waals surface area (Å²) in [6.07, 6.45) is 1.86. The molecule has 0 spiro atoms. The monoisotopic (exact) mass is 349 g/mol. The number of rotatable bonds is 3. The molecule has 1 nitrogen and oxygen atoms in total. The molecule has 2 heterocycles. The van der Waals surface area contributed by atoms with Crippen LogP contribution in [-0.2, 0) is 0 Å². The van der Waals surface area contributed by atoms with Crippen LogP contribution < -0.4 is 0 Å². The van der Waals surface area contributed by atoms with Crippen molar-refractivity contribution >= 4 is 49.2 Å². The summed E-state index contributed by atoms with van der Waals surface area (Å²) in [4.78, 5) is 8.20. The Morgan fingerprint density at radius 1 is 1.21 bits per heavy atom. The summed E-state index contributed by atoms with van der Waals surface area (Å²) >= 11 is 7.13. The number of thioether (sulfide) groups is 1. The second-order valence-electron chi connectivity index (χ2n) is 4.26. The number of hydrogen-bond donors (Lipinski definition) is 0. The van der Waals surface area contributed by atoms with Crippen LogP contribution in [0.25, 0.3) is 10.2 Å². The molecule has 0 aliphatic carbocycles. The first-order valence-corrected chi connectivity index (χ1v) is 8.48. The molecule has 96 valence electrons. The molecular weight excluding hydrogens is 338 g/mol. The second-order valence-corrected chi connectivity index (χ2v) is 7.65. The van der Waals surface area contributed by atoms with Crippen molar-refractivity contribution in [3.05, 3.63) is 58.0 Å². The summed E-state index contributed by atoms with van der Waals surface area (Å²) in [6, 6.07) is 14.8. The molecule has 0 aliphatic heterocycles. The zero-order valence-electron chi connectivity index (χ0n) is 10.3. The van der Waals surface area contributed by atoms with Gasteiger partial charge in [-0.2, -0.15) is 0 Å². The standard InChI is InChI=1S/C15H12BrNS2/c1-10(18-13-6-4-12(16)5-7-13)14-9-11-3-2-8-17-15(11)19-14/h2-10H,1H3. The molecule has 1 atom stereocenters. The average Bonchev–Trinajstić information content (AvgIpc) is 2.85. The Hall–Kier alpha value is -0.840. The van der Waals surface area contributed by atoms with Crippen LogP contribution in [0.3, 0.4) is 0 Å². The Bertz CT molecular complexity index is 658. The number of hydrogen-bond acceptors (Lipinski definition) is 3. The highest BCUT2D eigenvalue weighted by atomic mass is 79.9. The van der Waals surface area contributed by atoms with Gasteiger partial charge in [-0.05, 0) is 43.3 Å². The lowest BCUT2D eigenvalue weighted by atomic mass is 10.3. The molecule has 0 fully saturated rings. The summed E-state index contributed by atoms with van der Waals surface area (Å²) in [7, 11) is 0. The van der Waals surface area contributed by atoms with Gasteiger partial charge in [-0.15, -0.1) is 23.1 Å². The van der Waals surface area contributed by atoms with Gasteiger partial charge in [-0.25, -0.2) is 4.98 Å². The third-order valence-electron chi connectivity index (χ3n) is 2.84. The van der Waals surface area contributed by atoms with E-state index >= 15 is 0 Å². The lowest BCUT2D eigenvalue weighted by Gasteiger charge is -2.08. The van der Waals surface area contributed by atoms with Gasteiger partial charge in [0, 0.05) is 31.1 Å². The number of fused-ring (bicyclic) bond motifs is 1. The van der Waals surface area contributed by atoms with E-state index in [9.17, 15) is 0 Å². The molecule has 1 aromatic carbocycles.